The van der Waals surface area contributed by atoms with Gasteiger partial charge in [-0.25, -0.2) is 14.6 Å². The Morgan fingerprint density at radius 2 is 1.94 bits per heavy atom. The molecule has 0 aliphatic carbocycles. The fourth-order valence-electron chi connectivity index (χ4n) is 2.62. The van der Waals surface area contributed by atoms with Gasteiger partial charge < -0.3 is 14.2 Å². The number of benzene rings is 2. The van der Waals surface area contributed by atoms with E-state index >= 15 is 0 Å². The molecule has 0 spiro atoms. The van der Waals surface area contributed by atoms with Crippen LogP contribution in [0.3, 0.4) is 0 Å². The average molecular weight is 554 g/mol. The Morgan fingerprint density at radius 1 is 1.26 bits per heavy atom. The summed E-state index contributed by atoms with van der Waals surface area (Å²) in [5.41, 5.74) is 1.34. The number of halogens is 2. The minimum absolute atomic E-state index is 0.0180. The summed E-state index contributed by atoms with van der Waals surface area (Å²) in [5, 5.41) is 11.2. The summed E-state index contributed by atoms with van der Waals surface area (Å²) in [5.74, 6) is -0.846. The molecule has 0 amide bonds. The lowest BCUT2D eigenvalue weighted by Gasteiger charge is -2.10. The fraction of sp³-hybridized carbons (Fsp3) is 0.150. The van der Waals surface area contributed by atoms with Gasteiger partial charge in [0.25, 0.3) is 5.69 Å². The van der Waals surface area contributed by atoms with Crippen LogP contribution in [0, 0.1) is 17.0 Å². The van der Waals surface area contributed by atoms with Crippen LogP contribution >= 0.6 is 31.9 Å². The van der Waals surface area contributed by atoms with Crippen LogP contribution in [0.2, 0.25) is 0 Å². The van der Waals surface area contributed by atoms with Gasteiger partial charge in [0.1, 0.15) is 5.75 Å². The molecular weight excluding hydrogens is 540 g/mol. The van der Waals surface area contributed by atoms with Gasteiger partial charge >= 0.3 is 11.9 Å². The van der Waals surface area contributed by atoms with Gasteiger partial charge in [0.2, 0.25) is 5.90 Å². The first-order valence-electron chi connectivity index (χ1n) is 8.66. The molecule has 0 unspecified atom stereocenters. The standard InChI is InChI=1S/C20H14Br2N2O7/c1-10-3-4-12(8-16(10)24(27)28)19-23-15(20(26)31-19)7-11-5-13(21)18(14(22)6-11)30-9-17(25)29-2/h3-8H,9H2,1-2H3/b15-7-. The highest BCUT2D eigenvalue weighted by Gasteiger charge is 2.26. The van der Waals surface area contributed by atoms with E-state index in [1.807, 2.05) is 0 Å². The molecule has 160 valence electrons. The Morgan fingerprint density at radius 3 is 2.55 bits per heavy atom. The van der Waals surface area contributed by atoms with Crippen molar-refractivity contribution in [2.75, 3.05) is 13.7 Å². The van der Waals surface area contributed by atoms with Crippen LogP contribution in [0.1, 0.15) is 16.7 Å². The van der Waals surface area contributed by atoms with Crippen molar-refractivity contribution < 1.29 is 28.7 Å². The lowest BCUT2D eigenvalue weighted by Crippen LogP contribution is -2.13. The van der Waals surface area contributed by atoms with Gasteiger partial charge in [-0.3, -0.25) is 10.1 Å². The van der Waals surface area contributed by atoms with Gasteiger partial charge in [-0.15, -0.1) is 0 Å². The first kappa shape index (κ1) is 22.6. The number of aryl methyl sites for hydroxylation is 1. The second-order valence-corrected chi connectivity index (χ2v) is 7.98. The summed E-state index contributed by atoms with van der Waals surface area (Å²) in [6.07, 6.45) is 1.50. The Kier molecular flexibility index (Phi) is 6.86. The van der Waals surface area contributed by atoms with Gasteiger partial charge in [0, 0.05) is 17.2 Å². The summed E-state index contributed by atoms with van der Waals surface area (Å²) in [4.78, 5) is 38.4. The Labute approximate surface area is 193 Å². The van der Waals surface area contributed by atoms with E-state index in [4.69, 9.17) is 9.47 Å². The van der Waals surface area contributed by atoms with Crippen molar-refractivity contribution in [1.82, 2.24) is 0 Å². The first-order valence-corrected chi connectivity index (χ1v) is 10.2. The molecule has 0 N–H and O–H groups in total. The zero-order valence-electron chi connectivity index (χ0n) is 16.2. The number of nitro benzene ring substituents is 1. The van der Waals surface area contributed by atoms with Crippen LogP contribution in [0.4, 0.5) is 5.69 Å². The number of rotatable bonds is 6. The molecule has 0 fully saturated rings. The minimum Gasteiger partial charge on any atom is -0.480 e. The molecule has 1 aliphatic heterocycles. The highest BCUT2D eigenvalue weighted by molar-refractivity contribution is 9.11. The van der Waals surface area contributed by atoms with E-state index in [0.717, 1.165) is 0 Å². The molecule has 0 saturated heterocycles. The van der Waals surface area contributed by atoms with E-state index in [1.165, 1.54) is 19.3 Å². The molecule has 0 saturated carbocycles. The number of carbonyl (C=O) groups excluding carboxylic acids is 2. The number of ether oxygens (including phenoxy) is 3. The van der Waals surface area contributed by atoms with E-state index in [0.29, 0.717) is 31.4 Å². The Hall–Kier alpha value is -3.05. The van der Waals surface area contributed by atoms with Gasteiger partial charge in [-0.2, -0.15) is 0 Å². The van der Waals surface area contributed by atoms with Gasteiger partial charge in [0.05, 0.1) is 21.0 Å². The number of cyclic esters (lactones) is 1. The van der Waals surface area contributed by atoms with Crippen molar-refractivity contribution in [2.24, 2.45) is 4.99 Å². The normalized spacial score (nSPS) is 14.3. The molecule has 2 aromatic carbocycles. The second-order valence-electron chi connectivity index (χ2n) is 6.27. The summed E-state index contributed by atoms with van der Waals surface area (Å²) in [6.45, 7) is 1.35. The molecule has 31 heavy (non-hydrogen) atoms. The first-order chi connectivity index (χ1) is 14.7. The lowest BCUT2D eigenvalue weighted by molar-refractivity contribution is -0.385. The van der Waals surface area contributed by atoms with Crippen molar-refractivity contribution in [3.05, 3.63) is 71.8 Å². The van der Waals surface area contributed by atoms with Crippen molar-refractivity contribution in [3.8, 4) is 5.75 Å². The molecule has 11 heteroatoms. The molecule has 1 heterocycles. The maximum absolute atomic E-state index is 12.3. The SMILES string of the molecule is COC(=O)COc1c(Br)cc(/C=C2\N=C(c3ccc(C)c([N+](=O)[O-])c3)OC2=O)cc1Br. The van der Waals surface area contributed by atoms with Crippen molar-refractivity contribution in [2.45, 2.75) is 6.92 Å². The monoisotopic (exact) mass is 552 g/mol. The van der Waals surface area contributed by atoms with E-state index in [-0.39, 0.29) is 23.9 Å². The van der Waals surface area contributed by atoms with Crippen LogP contribution in [0.15, 0.2) is 50.0 Å². The van der Waals surface area contributed by atoms with E-state index in [9.17, 15) is 19.7 Å². The van der Waals surface area contributed by atoms with Crippen LogP contribution < -0.4 is 4.74 Å². The number of nitrogens with zero attached hydrogens (tertiary/aromatic N) is 2. The summed E-state index contributed by atoms with van der Waals surface area (Å²) in [6, 6.07) is 7.81. The second kappa shape index (κ2) is 9.40. The van der Waals surface area contributed by atoms with E-state index in [1.54, 1.807) is 31.2 Å². The number of hydrogen-bond acceptors (Lipinski definition) is 8. The Bertz CT molecular complexity index is 1140. The zero-order chi connectivity index (χ0) is 22.7. The molecule has 0 atom stereocenters. The zero-order valence-corrected chi connectivity index (χ0v) is 19.4. The number of methoxy groups -OCH3 is 1. The van der Waals surface area contributed by atoms with E-state index < -0.39 is 16.9 Å². The highest BCUT2D eigenvalue weighted by atomic mass is 79.9. The van der Waals surface area contributed by atoms with Crippen LogP contribution in [-0.4, -0.2) is 36.5 Å². The van der Waals surface area contributed by atoms with Crippen molar-refractivity contribution in [3.63, 3.8) is 0 Å². The molecule has 3 rings (SSSR count). The van der Waals surface area contributed by atoms with Crippen LogP contribution in [-0.2, 0) is 19.1 Å². The Balaban J connectivity index is 1.89. The third kappa shape index (κ3) is 5.17. The predicted octanol–water partition coefficient (Wildman–Crippen LogP) is 4.32. The smallest absolute Gasteiger partial charge is 0.363 e. The minimum atomic E-state index is -0.684. The maximum Gasteiger partial charge on any atom is 0.363 e. The number of carbonyl (C=O) groups is 2. The van der Waals surface area contributed by atoms with Crippen molar-refractivity contribution in [1.29, 1.82) is 0 Å². The molecule has 0 bridgehead atoms. The van der Waals surface area contributed by atoms with Crippen molar-refractivity contribution >= 4 is 61.5 Å². The molecular formula is C20H14Br2N2O7. The highest BCUT2D eigenvalue weighted by Crippen LogP contribution is 2.36. The molecule has 0 aromatic heterocycles. The number of aliphatic imine (C=N–C) groups is 1. The quantitative estimate of drug-likeness (QED) is 0.226. The molecule has 9 nitrogen and oxygen atoms in total. The summed E-state index contributed by atoms with van der Waals surface area (Å²) >= 11 is 6.72. The topological polar surface area (TPSA) is 117 Å². The van der Waals surface area contributed by atoms with Gasteiger partial charge in [0.15, 0.2) is 12.3 Å². The molecule has 1 aliphatic rings. The number of nitro groups is 1. The summed E-state index contributed by atoms with van der Waals surface area (Å²) < 4.78 is 16.2. The maximum atomic E-state index is 12.3. The van der Waals surface area contributed by atoms with Crippen LogP contribution in [0.25, 0.3) is 6.08 Å². The summed E-state index contributed by atoms with van der Waals surface area (Å²) in [7, 11) is 1.26. The van der Waals surface area contributed by atoms with E-state index in [2.05, 4.69) is 41.6 Å². The average Bonchev–Trinajstić information content (AvgIpc) is 3.07. The molecule has 0 radical (unpaired) electrons. The van der Waals surface area contributed by atoms with Gasteiger partial charge in [-0.1, -0.05) is 6.07 Å². The fourth-order valence-corrected chi connectivity index (χ4v) is 4.07. The number of esters is 2. The predicted molar refractivity (Wildman–Crippen MR) is 118 cm³/mol. The third-order valence-electron chi connectivity index (χ3n) is 4.16. The van der Waals surface area contributed by atoms with Crippen LogP contribution in [0.5, 0.6) is 5.75 Å². The molecule has 2 aromatic rings. The largest absolute Gasteiger partial charge is 0.480 e. The number of hydrogen-bond donors (Lipinski definition) is 0. The third-order valence-corrected chi connectivity index (χ3v) is 5.34. The lowest BCUT2D eigenvalue weighted by atomic mass is 10.1. The van der Waals surface area contributed by atoms with Gasteiger partial charge in [-0.05, 0) is 68.6 Å².